The van der Waals surface area contributed by atoms with Crippen molar-refractivity contribution in [2.45, 2.75) is 40.2 Å². The largest absolute Gasteiger partial charge is 0.358 e. The topological polar surface area (TPSA) is 39.3 Å². The van der Waals surface area contributed by atoms with Gasteiger partial charge in [-0.3, -0.25) is 9.69 Å². The number of carbonyl (C=O) groups excluding carboxylic acids is 1. The molecule has 0 aliphatic carbocycles. The summed E-state index contributed by atoms with van der Waals surface area (Å²) in [7, 11) is 0. The van der Waals surface area contributed by atoms with E-state index in [1.807, 2.05) is 4.90 Å². The minimum absolute atomic E-state index is 0.213. The van der Waals surface area contributed by atoms with Crippen LogP contribution in [0.3, 0.4) is 0 Å². The number of likely N-dealkylation sites (tertiary alicyclic amines) is 1. The zero-order valence-electron chi connectivity index (χ0n) is 15.1. The Balaban J connectivity index is 1.63. The molecule has 1 amide bonds. The maximum atomic E-state index is 12.5. The van der Waals surface area contributed by atoms with E-state index in [9.17, 15) is 4.79 Å². The molecule has 1 saturated heterocycles. The van der Waals surface area contributed by atoms with Crippen molar-refractivity contribution in [1.82, 2.24) is 14.8 Å². The molecule has 1 N–H and O–H groups in total. The number of carbonyl (C=O) groups is 1. The number of hydrogen-bond acceptors (Lipinski definition) is 2. The van der Waals surface area contributed by atoms with Crippen molar-refractivity contribution in [2.75, 3.05) is 26.2 Å². The van der Waals surface area contributed by atoms with Gasteiger partial charge in [0.2, 0.25) is 5.91 Å². The van der Waals surface area contributed by atoms with E-state index in [2.05, 4.69) is 54.9 Å². The van der Waals surface area contributed by atoms with Crippen molar-refractivity contribution < 1.29 is 4.79 Å². The maximum absolute atomic E-state index is 12.5. The molecule has 0 spiro atoms. The monoisotopic (exact) mass is 327 g/mol. The molecule has 1 fully saturated rings. The van der Waals surface area contributed by atoms with E-state index in [4.69, 9.17) is 0 Å². The van der Waals surface area contributed by atoms with Crippen LogP contribution < -0.4 is 0 Å². The van der Waals surface area contributed by atoms with Crippen molar-refractivity contribution in [3.05, 3.63) is 35.5 Å². The molecule has 1 aromatic carbocycles. The van der Waals surface area contributed by atoms with Gasteiger partial charge in [-0.2, -0.15) is 0 Å². The lowest BCUT2D eigenvalue weighted by molar-refractivity contribution is -0.136. The first-order valence-electron chi connectivity index (χ1n) is 9.21. The molecule has 0 saturated carbocycles. The Morgan fingerprint density at radius 3 is 2.54 bits per heavy atom. The molecule has 130 valence electrons. The third-order valence-electron chi connectivity index (χ3n) is 5.42. The molecule has 24 heavy (non-hydrogen) atoms. The van der Waals surface area contributed by atoms with Crippen LogP contribution in [0.15, 0.2) is 24.3 Å². The van der Waals surface area contributed by atoms with E-state index in [1.54, 1.807) is 0 Å². The molecular weight excluding hydrogens is 298 g/mol. The minimum Gasteiger partial charge on any atom is -0.358 e. The first kappa shape index (κ1) is 17.0. The molecule has 1 aliphatic heterocycles. The molecule has 1 aliphatic rings. The average molecular weight is 327 g/mol. The van der Waals surface area contributed by atoms with Gasteiger partial charge in [0.25, 0.3) is 0 Å². The Morgan fingerprint density at radius 2 is 1.88 bits per heavy atom. The minimum atomic E-state index is 0.213. The second-order valence-corrected chi connectivity index (χ2v) is 6.84. The number of nitrogens with one attached hydrogen (secondary N) is 1. The lowest BCUT2D eigenvalue weighted by atomic mass is 9.94. The van der Waals surface area contributed by atoms with Gasteiger partial charge in [0.05, 0.1) is 0 Å². The molecule has 0 radical (unpaired) electrons. The van der Waals surface area contributed by atoms with Crippen LogP contribution in [0.4, 0.5) is 0 Å². The number of piperidine rings is 1. The summed E-state index contributed by atoms with van der Waals surface area (Å²) in [5.41, 5.74) is 3.88. The van der Waals surface area contributed by atoms with Gasteiger partial charge in [0, 0.05) is 42.1 Å². The van der Waals surface area contributed by atoms with Crippen molar-refractivity contribution in [1.29, 1.82) is 0 Å². The molecule has 0 atom stereocenters. The summed E-state index contributed by atoms with van der Waals surface area (Å²) < 4.78 is 0. The van der Waals surface area contributed by atoms with E-state index >= 15 is 0 Å². The third-order valence-corrected chi connectivity index (χ3v) is 5.42. The third kappa shape index (κ3) is 3.34. The van der Waals surface area contributed by atoms with Crippen LogP contribution in [-0.2, 0) is 11.3 Å². The highest BCUT2D eigenvalue weighted by molar-refractivity contribution is 5.84. The fraction of sp³-hybridized carbons (Fsp3) is 0.550. The van der Waals surface area contributed by atoms with E-state index in [-0.39, 0.29) is 5.92 Å². The zero-order valence-corrected chi connectivity index (χ0v) is 15.1. The lowest BCUT2D eigenvalue weighted by Gasteiger charge is -2.33. The van der Waals surface area contributed by atoms with E-state index < -0.39 is 0 Å². The van der Waals surface area contributed by atoms with Crippen LogP contribution >= 0.6 is 0 Å². The number of benzene rings is 1. The molecule has 4 nitrogen and oxygen atoms in total. The van der Waals surface area contributed by atoms with E-state index in [1.165, 1.54) is 22.2 Å². The summed E-state index contributed by atoms with van der Waals surface area (Å²) in [6.45, 7) is 10.9. The zero-order chi connectivity index (χ0) is 17.1. The summed E-state index contributed by atoms with van der Waals surface area (Å²) >= 11 is 0. The Bertz CT molecular complexity index is 694. The lowest BCUT2D eigenvalue weighted by Crippen LogP contribution is -2.42. The second-order valence-electron chi connectivity index (χ2n) is 6.84. The molecule has 2 aromatic rings. The SMILES string of the molecule is CCN(CC)C(=O)C1CCN(Cc2c(C)[nH]c3ccccc23)CC1. The van der Waals surface area contributed by atoms with Crippen molar-refractivity contribution in [2.24, 2.45) is 5.92 Å². The number of aromatic nitrogens is 1. The predicted molar refractivity (Wildman–Crippen MR) is 99.0 cm³/mol. The highest BCUT2D eigenvalue weighted by atomic mass is 16.2. The Kier molecular flexibility index (Phi) is 5.24. The van der Waals surface area contributed by atoms with Gasteiger partial charge >= 0.3 is 0 Å². The van der Waals surface area contributed by atoms with Crippen molar-refractivity contribution in [3.63, 3.8) is 0 Å². The van der Waals surface area contributed by atoms with Gasteiger partial charge in [-0.15, -0.1) is 0 Å². The summed E-state index contributed by atoms with van der Waals surface area (Å²) in [6, 6.07) is 8.52. The van der Waals surface area contributed by atoms with Gasteiger partial charge in [-0.1, -0.05) is 18.2 Å². The quantitative estimate of drug-likeness (QED) is 0.912. The predicted octanol–water partition coefficient (Wildman–Crippen LogP) is 3.56. The summed E-state index contributed by atoms with van der Waals surface area (Å²) in [6.07, 6.45) is 1.97. The van der Waals surface area contributed by atoms with Gasteiger partial charge in [-0.25, -0.2) is 0 Å². The summed E-state index contributed by atoms with van der Waals surface area (Å²) in [4.78, 5) is 20.5. The standard InChI is InChI=1S/C20H29N3O/c1-4-23(5-2)20(24)16-10-12-22(13-11-16)14-18-15(3)21-19-9-7-6-8-17(18)19/h6-9,16,21H,4-5,10-14H2,1-3H3. The van der Waals surface area contributed by atoms with Crippen LogP contribution in [0, 0.1) is 12.8 Å². The summed E-state index contributed by atoms with van der Waals surface area (Å²) in [5, 5.41) is 1.33. The molecule has 3 rings (SSSR count). The molecule has 0 bridgehead atoms. The number of aromatic amines is 1. The maximum Gasteiger partial charge on any atom is 0.225 e. The number of H-pyrrole nitrogens is 1. The highest BCUT2D eigenvalue weighted by Gasteiger charge is 2.27. The number of rotatable bonds is 5. The van der Waals surface area contributed by atoms with Crippen molar-refractivity contribution >= 4 is 16.8 Å². The van der Waals surface area contributed by atoms with Gasteiger partial charge in [0.1, 0.15) is 0 Å². The second kappa shape index (κ2) is 7.39. The van der Waals surface area contributed by atoms with E-state index in [0.29, 0.717) is 5.91 Å². The number of amides is 1. The van der Waals surface area contributed by atoms with Crippen LogP contribution in [0.5, 0.6) is 0 Å². The fourth-order valence-electron chi connectivity index (χ4n) is 3.89. The first-order chi connectivity index (χ1) is 11.6. The van der Waals surface area contributed by atoms with Gasteiger partial charge in [-0.05, 0) is 58.3 Å². The van der Waals surface area contributed by atoms with Crippen LogP contribution in [0.25, 0.3) is 10.9 Å². The smallest absolute Gasteiger partial charge is 0.225 e. The van der Waals surface area contributed by atoms with Crippen molar-refractivity contribution in [3.8, 4) is 0 Å². The Hall–Kier alpha value is -1.81. The highest BCUT2D eigenvalue weighted by Crippen LogP contribution is 2.26. The number of para-hydroxylation sites is 1. The number of fused-ring (bicyclic) bond motifs is 1. The van der Waals surface area contributed by atoms with Crippen LogP contribution in [0.1, 0.15) is 37.9 Å². The first-order valence-corrected chi connectivity index (χ1v) is 9.21. The molecule has 2 heterocycles. The fourth-order valence-corrected chi connectivity index (χ4v) is 3.89. The van der Waals surface area contributed by atoms with Crippen LogP contribution in [0.2, 0.25) is 0 Å². The molecule has 0 unspecified atom stereocenters. The molecular formula is C20H29N3O. The number of hydrogen-bond donors (Lipinski definition) is 1. The van der Waals surface area contributed by atoms with Gasteiger partial charge < -0.3 is 9.88 Å². The molecule has 4 heteroatoms. The van der Waals surface area contributed by atoms with Crippen LogP contribution in [-0.4, -0.2) is 46.9 Å². The summed E-state index contributed by atoms with van der Waals surface area (Å²) in [5.74, 6) is 0.563. The van der Waals surface area contributed by atoms with E-state index in [0.717, 1.165) is 45.6 Å². The number of nitrogens with zero attached hydrogens (tertiary/aromatic N) is 2. The average Bonchev–Trinajstić information content (AvgIpc) is 2.92. The normalized spacial score (nSPS) is 16.6. The molecule has 1 aromatic heterocycles. The number of aryl methyl sites for hydroxylation is 1. The Morgan fingerprint density at radius 1 is 1.21 bits per heavy atom. The Labute approximate surface area is 144 Å². The van der Waals surface area contributed by atoms with Gasteiger partial charge in [0.15, 0.2) is 0 Å².